The SMILES string of the molecule is CNCC(COC)N1CCN(C)CC1. The van der Waals surface area contributed by atoms with Crippen LogP contribution in [0.4, 0.5) is 0 Å². The van der Waals surface area contributed by atoms with Crippen molar-refractivity contribution in [3.8, 4) is 0 Å². The maximum absolute atomic E-state index is 5.24. The summed E-state index contributed by atoms with van der Waals surface area (Å²) in [5.41, 5.74) is 0. The Morgan fingerprint density at radius 3 is 2.43 bits per heavy atom. The van der Waals surface area contributed by atoms with Crippen molar-refractivity contribution in [3.05, 3.63) is 0 Å². The number of piperazine rings is 1. The Balaban J connectivity index is 2.34. The first-order chi connectivity index (χ1) is 6.77. The Morgan fingerprint density at radius 1 is 1.29 bits per heavy atom. The number of likely N-dealkylation sites (N-methyl/N-ethyl adjacent to an activating group) is 2. The van der Waals surface area contributed by atoms with Crippen LogP contribution in [0.25, 0.3) is 0 Å². The maximum Gasteiger partial charge on any atom is 0.0630 e. The Hall–Kier alpha value is -0.160. The minimum atomic E-state index is 0.527. The zero-order valence-corrected chi connectivity index (χ0v) is 9.62. The Kier molecular flexibility index (Phi) is 5.40. The van der Waals surface area contributed by atoms with Crippen molar-refractivity contribution in [1.29, 1.82) is 0 Å². The van der Waals surface area contributed by atoms with Gasteiger partial charge in [0.2, 0.25) is 0 Å². The summed E-state index contributed by atoms with van der Waals surface area (Å²) in [6.45, 7) is 6.49. The standard InChI is InChI=1S/C10H23N3O/c1-11-8-10(9-14-3)13-6-4-12(2)5-7-13/h10-11H,4-9H2,1-3H3. The van der Waals surface area contributed by atoms with Gasteiger partial charge in [0, 0.05) is 45.9 Å². The molecule has 1 fully saturated rings. The second-order valence-electron chi connectivity index (χ2n) is 4.01. The molecule has 1 unspecified atom stereocenters. The van der Waals surface area contributed by atoms with Crippen LogP contribution < -0.4 is 5.32 Å². The number of nitrogens with one attached hydrogen (secondary N) is 1. The second-order valence-corrected chi connectivity index (χ2v) is 4.01. The van der Waals surface area contributed by atoms with E-state index in [9.17, 15) is 0 Å². The van der Waals surface area contributed by atoms with E-state index < -0.39 is 0 Å². The predicted octanol–water partition coefficient (Wildman–Crippen LogP) is -0.532. The van der Waals surface area contributed by atoms with Gasteiger partial charge in [-0.05, 0) is 14.1 Å². The van der Waals surface area contributed by atoms with Gasteiger partial charge in [0.15, 0.2) is 0 Å². The van der Waals surface area contributed by atoms with Gasteiger partial charge >= 0.3 is 0 Å². The highest BCUT2D eigenvalue weighted by Gasteiger charge is 2.21. The van der Waals surface area contributed by atoms with Crippen molar-refractivity contribution in [1.82, 2.24) is 15.1 Å². The molecular weight excluding hydrogens is 178 g/mol. The summed E-state index contributed by atoms with van der Waals surface area (Å²) in [7, 11) is 5.96. The third kappa shape index (κ3) is 3.53. The molecule has 0 aromatic carbocycles. The normalized spacial score (nSPS) is 22.5. The minimum Gasteiger partial charge on any atom is -0.383 e. The highest BCUT2D eigenvalue weighted by molar-refractivity contribution is 4.78. The number of hydrogen-bond donors (Lipinski definition) is 1. The zero-order valence-electron chi connectivity index (χ0n) is 9.62. The number of hydrogen-bond acceptors (Lipinski definition) is 4. The van der Waals surface area contributed by atoms with Crippen molar-refractivity contribution in [2.24, 2.45) is 0 Å². The molecule has 4 heteroatoms. The average molecular weight is 201 g/mol. The molecule has 1 aliphatic rings. The second kappa shape index (κ2) is 6.35. The van der Waals surface area contributed by atoms with Gasteiger partial charge < -0.3 is 15.0 Å². The van der Waals surface area contributed by atoms with E-state index >= 15 is 0 Å². The molecule has 84 valence electrons. The molecule has 0 bridgehead atoms. The lowest BCUT2D eigenvalue weighted by Crippen LogP contribution is -2.53. The molecule has 0 amide bonds. The van der Waals surface area contributed by atoms with E-state index in [0.717, 1.165) is 26.2 Å². The van der Waals surface area contributed by atoms with Gasteiger partial charge in [-0.25, -0.2) is 0 Å². The van der Waals surface area contributed by atoms with Crippen LogP contribution in [0.2, 0.25) is 0 Å². The fraction of sp³-hybridized carbons (Fsp3) is 1.00. The highest BCUT2D eigenvalue weighted by Crippen LogP contribution is 2.04. The molecule has 0 aromatic rings. The lowest BCUT2D eigenvalue weighted by molar-refractivity contribution is 0.0574. The molecular formula is C10H23N3O. The van der Waals surface area contributed by atoms with E-state index in [2.05, 4.69) is 22.2 Å². The molecule has 4 nitrogen and oxygen atoms in total. The Morgan fingerprint density at radius 2 is 1.93 bits per heavy atom. The third-order valence-electron chi connectivity index (χ3n) is 2.85. The van der Waals surface area contributed by atoms with Gasteiger partial charge in [-0.15, -0.1) is 0 Å². The Bertz CT molecular complexity index is 140. The molecule has 0 aromatic heterocycles. The summed E-state index contributed by atoms with van der Waals surface area (Å²) < 4.78 is 5.24. The molecule has 0 spiro atoms. The van der Waals surface area contributed by atoms with Crippen LogP contribution in [0.1, 0.15) is 0 Å². The number of ether oxygens (including phenoxy) is 1. The summed E-state index contributed by atoms with van der Waals surface area (Å²) in [4.78, 5) is 4.89. The van der Waals surface area contributed by atoms with Crippen molar-refractivity contribution in [2.45, 2.75) is 6.04 Å². The molecule has 14 heavy (non-hydrogen) atoms. The smallest absolute Gasteiger partial charge is 0.0630 e. The van der Waals surface area contributed by atoms with Gasteiger partial charge in [0.05, 0.1) is 6.61 Å². The van der Waals surface area contributed by atoms with Crippen LogP contribution >= 0.6 is 0 Å². The van der Waals surface area contributed by atoms with Crippen LogP contribution in [0, 0.1) is 0 Å². The van der Waals surface area contributed by atoms with E-state index in [1.165, 1.54) is 13.1 Å². The average Bonchev–Trinajstić information content (AvgIpc) is 2.19. The first-order valence-corrected chi connectivity index (χ1v) is 5.34. The van der Waals surface area contributed by atoms with Gasteiger partial charge in [0.1, 0.15) is 0 Å². The van der Waals surface area contributed by atoms with E-state index in [1.54, 1.807) is 7.11 Å². The largest absolute Gasteiger partial charge is 0.383 e. The number of methoxy groups -OCH3 is 1. The summed E-state index contributed by atoms with van der Waals surface area (Å²) >= 11 is 0. The first-order valence-electron chi connectivity index (χ1n) is 5.34. The molecule has 1 N–H and O–H groups in total. The molecule has 0 aliphatic carbocycles. The van der Waals surface area contributed by atoms with Gasteiger partial charge in [0.25, 0.3) is 0 Å². The molecule has 0 saturated carbocycles. The summed E-state index contributed by atoms with van der Waals surface area (Å²) in [6, 6.07) is 0.527. The number of nitrogens with zero attached hydrogens (tertiary/aromatic N) is 2. The van der Waals surface area contributed by atoms with Crippen LogP contribution in [0.15, 0.2) is 0 Å². The van der Waals surface area contributed by atoms with E-state index in [4.69, 9.17) is 4.74 Å². The summed E-state index contributed by atoms with van der Waals surface area (Å²) in [5.74, 6) is 0. The topological polar surface area (TPSA) is 27.7 Å². The van der Waals surface area contributed by atoms with E-state index in [1.807, 2.05) is 7.05 Å². The fourth-order valence-electron chi connectivity index (χ4n) is 1.91. The van der Waals surface area contributed by atoms with E-state index in [-0.39, 0.29) is 0 Å². The van der Waals surface area contributed by atoms with Crippen molar-refractivity contribution < 1.29 is 4.74 Å². The number of rotatable bonds is 5. The summed E-state index contributed by atoms with van der Waals surface area (Å²) in [6.07, 6.45) is 0. The van der Waals surface area contributed by atoms with Gasteiger partial charge in [-0.1, -0.05) is 0 Å². The fourth-order valence-corrected chi connectivity index (χ4v) is 1.91. The molecule has 1 atom stereocenters. The van der Waals surface area contributed by atoms with Gasteiger partial charge in [-0.3, -0.25) is 4.90 Å². The molecule has 1 heterocycles. The lowest BCUT2D eigenvalue weighted by Gasteiger charge is -2.37. The van der Waals surface area contributed by atoms with Crippen molar-refractivity contribution in [3.63, 3.8) is 0 Å². The van der Waals surface area contributed by atoms with Crippen molar-refractivity contribution >= 4 is 0 Å². The van der Waals surface area contributed by atoms with Crippen LogP contribution in [0.5, 0.6) is 0 Å². The molecule has 1 saturated heterocycles. The predicted molar refractivity (Wildman–Crippen MR) is 58.7 cm³/mol. The maximum atomic E-state index is 5.24. The highest BCUT2D eigenvalue weighted by atomic mass is 16.5. The zero-order chi connectivity index (χ0) is 10.4. The Labute approximate surface area is 87.2 Å². The molecule has 1 rings (SSSR count). The van der Waals surface area contributed by atoms with Crippen LogP contribution in [0.3, 0.4) is 0 Å². The van der Waals surface area contributed by atoms with Crippen LogP contribution in [-0.4, -0.2) is 76.4 Å². The summed E-state index contributed by atoms with van der Waals surface area (Å²) in [5, 5.41) is 3.23. The monoisotopic (exact) mass is 201 g/mol. The van der Waals surface area contributed by atoms with E-state index in [0.29, 0.717) is 6.04 Å². The lowest BCUT2D eigenvalue weighted by atomic mass is 10.2. The minimum absolute atomic E-state index is 0.527. The van der Waals surface area contributed by atoms with Crippen LogP contribution in [-0.2, 0) is 4.74 Å². The van der Waals surface area contributed by atoms with Crippen molar-refractivity contribution in [2.75, 3.05) is 60.5 Å². The first kappa shape index (κ1) is 11.9. The van der Waals surface area contributed by atoms with Gasteiger partial charge in [-0.2, -0.15) is 0 Å². The molecule has 1 aliphatic heterocycles. The quantitative estimate of drug-likeness (QED) is 0.647. The molecule has 0 radical (unpaired) electrons. The third-order valence-corrected chi connectivity index (χ3v) is 2.85.